The van der Waals surface area contributed by atoms with E-state index in [1.807, 2.05) is 0 Å². The molecule has 130 valence electrons. The van der Waals surface area contributed by atoms with Crippen molar-refractivity contribution in [1.82, 2.24) is 30.2 Å². The molecule has 0 saturated carbocycles. The first kappa shape index (κ1) is 16.1. The van der Waals surface area contributed by atoms with Gasteiger partial charge >= 0.3 is 0 Å². The fourth-order valence-electron chi connectivity index (χ4n) is 2.60. The van der Waals surface area contributed by atoms with Gasteiger partial charge in [-0.05, 0) is 42.0 Å². The number of tetrazole rings is 1. The minimum atomic E-state index is -0.278. The van der Waals surface area contributed by atoms with Crippen molar-refractivity contribution in [2.45, 2.75) is 6.92 Å². The topological polar surface area (TPSA) is 118 Å². The number of fused-ring (bicyclic) bond motifs is 1. The van der Waals surface area contributed by atoms with E-state index in [4.69, 9.17) is 0 Å². The Bertz CT molecular complexity index is 1160. The van der Waals surface area contributed by atoms with E-state index in [1.165, 1.54) is 22.2 Å². The van der Waals surface area contributed by atoms with Crippen molar-refractivity contribution in [2.24, 2.45) is 7.05 Å². The first-order valence-corrected chi connectivity index (χ1v) is 8.46. The van der Waals surface area contributed by atoms with Crippen LogP contribution in [0.15, 0.2) is 35.4 Å². The number of aryl methyl sites for hydroxylation is 2. The molecule has 0 aliphatic heterocycles. The molecule has 26 heavy (non-hydrogen) atoms. The van der Waals surface area contributed by atoms with E-state index in [0.29, 0.717) is 32.2 Å². The third kappa shape index (κ3) is 2.65. The van der Waals surface area contributed by atoms with Crippen LogP contribution in [0.4, 0.5) is 5.69 Å². The van der Waals surface area contributed by atoms with Crippen LogP contribution in [0, 0.1) is 6.92 Å². The van der Waals surface area contributed by atoms with Crippen molar-refractivity contribution in [2.75, 3.05) is 5.32 Å². The molecule has 10 heteroatoms. The summed E-state index contributed by atoms with van der Waals surface area (Å²) in [6, 6.07) is 7.08. The summed E-state index contributed by atoms with van der Waals surface area (Å²) < 4.78 is 1.40. The summed E-state index contributed by atoms with van der Waals surface area (Å²) in [5, 5.41) is 17.0. The molecule has 0 spiro atoms. The van der Waals surface area contributed by atoms with Crippen LogP contribution in [0.25, 0.3) is 21.6 Å². The molecule has 1 amide bonds. The summed E-state index contributed by atoms with van der Waals surface area (Å²) in [5.74, 6) is 0.199. The SMILES string of the molecule is Cc1c(C(=O)Nc2ccc(-c3nn[nH]n3)cc2)sc2ncn(C)c(=O)c12. The van der Waals surface area contributed by atoms with Crippen LogP contribution < -0.4 is 10.9 Å². The van der Waals surface area contributed by atoms with Gasteiger partial charge in [0.05, 0.1) is 16.6 Å². The molecule has 0 unspecified atom stereocenters. The van der Waals surface area contributed by atoms with Crippen LogP contribution in [0.2, 0.25) is 0 Å². The number of benzene rings is 1. The van der Waals surface area contributed by atoms with Crippen LogP contribution in [0.1, 0.15) is 15.2 Å². The number of carbonyl (C=O) groups is 1. The highest BCUT2D eigenvalue weighted by atomic mass is 32.1. The van der Waals surface area contributed by atoms with Crippen molar-refractivity contribution in [3.63, 3.8) is 0 Å². The highest BCUT2D eigenvalue weighted by Gasteiger charge is 2.19. The Morgan fingerprint density at radius 3 is 2.73 bits per heavy atom. The zero-order valence-corrected chi connectivity index (χ0v) is 14.7. The number of aromatic nitrogens is 6. The zero-order valence-electron chi connectivity index (χ0n) is 13.8. The maximum absolute atomic E-state index is 12.6. The molecule has 2 N–H and O–H groups in total. The number of aromatic amines is 1. The minimum Gasteiger partial charge on any atom is -0.321 e. The van der Waals surface area contributed by atoms with Gasteiger partial charge in [-0.15, -0.1) is 21.5 Å². The lowest BCUT2D eigenvalue weighted by molar-refractivity contribution is 0.103. The van der Waals surface area contributed by atoms with Gasteiger partial charge in [0.1, 0.15) is 4.83 Å². The number of anilines is 1. The fourth-order valence-corrected chi connectivity index (χ4v) is 3.63. The van der Waals surface area contributed by atoms with E-state index in [1.54, 1.807) is 38.2 Å². The monoisotopic (exact) mass is 367 g/mol. The van der Waals surface area contributed by atoms with Crippen LogP contribution >= 0.6 is 11.3 Å². The Balaban J connectivity index is 1.62. The lowest BCUT2D eigenvalue weighted by atomic mass is 10.2. The molecule has 4 rings (SSSR count). The van der Waals surface area contributed by atoms with Crippen molar-refractivity contribution in [3.05, 3.63) is 51.4 Å². The second-order valence-electron chi connectivity index (χ2n) is 5.66. The molecular weight excluding hydrogens is 354 g/mol. The molecular formula is C16H13N7O2S. The van der Waals surface area contributed by atoms with Crippen LogP contribution in [-0.2, 0) is 7.05 Å². The van der Waals surface area contributed by atoms with Crippen LogP contribution in [0.3, 0.4) is 0 Å². The summed E-state index contributed by atoms with van der Waals surface area (Å²) in [7, 11) is 1.64. The van der Waals surface area contributed by atoms with Gasteiger partial charge in [0.25, 0.3) is 11.5 Å². The van der Waals surface area contributed by atoms with E-state index in [0.717, 1.165) is 5.56 Å². The molecule has 0 aliphatic carbocycles. The standard InChI is InChI=1S/C16H13N7O2S/c1-8-11-15(17-7-23(2)16(11)25)26-12(8)14(24)18-10-5-3-9(4-6-10)13-19-21-22-20-13/h3-7H,1-2H3,(H,18,24)(H,19,20,21,22). The Labute approximate surface area is 150 Å². The second kappa shape index (κ2) is 6.15. The van der Waals surface area contributed by atoms with Crippen molar-refractivity contribution < 1.29 is 4.79 Å². The van der Waals surface area contributed by atoms with Crippen LogP contribution in [0.5, 0.6) is 0 Å². The van der Waals surface area contributed by atoms with Gasteiger partial charge in [-0.2, -0.15) is 5.21 Å². The third-order valence-corrected chi connectivity index (χ3v) is 5.16. The average Bonchev–Trinajstić information content (AvgIpc) is 3.27. The van der Waals surface area contributed by atoms with Gasteiger partial charge in [0.2, 0.25) is 5.82 Å². The molecule has 0 fully saturated rings. The van der Waals surface area contributed by atoms with Gasteiger partial charge in [0.15, 0.2) is 0 Å². The minimum absolute atomic E-state index is 0.160. The average molecular weight is 367 g/mol. The lowest BCUT2D eigenvalue weighted by Crippen LogP contribution is -2.17. The third-order valence-electron chi connectivity index (χ3n) is 3.96. The molecule has 0 atom stereocenters. The van der Waals surface area contributed by atoms with Crippen LogP contribution in [-0.4, -0.2) is 36.1 Å². The Hall–Kier alpha value is -3.40. The zero-order chi connectivity index (χ0) is 18.3. The lowest BCUT2D eigenvalue weighted by Gasteiger charge is -2.05. The number of hydrogen-bond donors (Lipinski definition) is 2. The molecule has 0 saturated heterocycles. The summed E-state index contributed by atoms with van der Waals surface area (Å²) in [5.41, 5.74) is 1.88. The number of rotatable bonds is 3. The molecule has 4 aromatic rings. The number of amides is 1. The number of nitrogens with zero attached hydrogens (tertiary/aromatic N) is 5. The Morgan fingerprint density at radius 1 is 1.27 bits per heavy atom. The summed E-state index contributed by atoms with van der Waals surface area (Å²) in [6.07, 6.45) is 1.46. The van der Waals surface area contributed by atoms with Gasteiger partial charge in [-0.25, -0.2) is 4.98 Å². The largest absolute Gasteiger partial charge is 0.321 e. The van der Waals surface area contributed by atoms with Crippen molar-refractivity contribution in [3.8, 4) is 11.4 Å². The summed E-state index contributed by atoms with van der Waals surface area (Å²) >= 11 is 1.21. The first-order chi connectivity index (χ1) is 12.5. The molecule has 1 aromatic carbocycles. The number of hydrogen-bond acceptors (Lipinski definition) is 7. The van der Waals surface area contributed by atoms with Gasteiger partial charge in [0, 0.05) is 18.3 Å². The van der Waals surface area contributed by atoms with Gasteiger partial charge in [-0.3, -0.25) is 9.59 Å². The number of carbonyl (C=O) groups excluding carboxylic acids is 1. The van der Waals surface area contributed by atoms with Gasteiger partial charge < -0.3 is 9.88 Å². The molecule has 0 radical (unpaired) electrons. The molecule has 3 heterocycles. The van der Waals surface area contributed by atoms with E-state index < -0.39 is 0 Å². The summed E-state index contributed by atoms with van der Waals surface area (Å²) in [6.45, 7) is 1.76. The van der Waals surface area contributed by atoms with E-state index in [2.05, 4.69) is 30.9 Å². The van der Waals surface area contributed by atoms with E-state index >= 15 is 0 Å². The predicted molar refractivity (Wildman–Crippen MR) is 97.2 cm³/mol. The second-order valence-corrected chi connectivity index (χ2v) is 6.66. The maximum Gasteiger partial charge on any atom is 0.266 e. The highest BCUT2D eigenvalue weighted by Crippen LogP contribution is 2.27. The predicted octanol–water partition coefficient (Wildman–Crippen LogP) is 1.74. The molecule has 3 aromatic heterocycles. The normalized spacial score (nSPS) is 11.0. The van der Waals surface area contributed by atoms with Crippen molar-refractivity contribution in [1.29, 1.82) is 0 Å². The Kier molecular flexibility index (Phi) is 3.81. The van der Waals surface area contributed by atoms with Gasteiger partial charge in [-0.1, -0.05) is 0 Å². The quantitative estimate of drug-likeness (QED) is 0.569. The summed E-state index contributed by atoms with van der Waals surface area (Å²) in [4.78, 5) is 30.2. The first-order valence-electron chi connectivity index (χ1n) is 7.64. The maximum atomic E-state index is 12.6. The number of nitrogens with one attached hydrogen (secondary N) is 2. The smallest absolute Gasteiger partial charge is 0.266 e. The molecule has 9 nitrogen and oxygen atoms in total. The number of H-pyrrole nitrogens is 1. The highest BCUT2D eigenvalue weighted by molar-refractivity contribution is 7.20. The van der Waals surface area contributed by atoms with E-state index in [-0.39, 0.29) is 11.5 Å². The number of thiophene rings is 1. The molecule has 0 aliphatic rings. The Morgan fingerprint density at radius 2 is 2.04 bits per heavy atom. The van der Waals surface area contributed by atoms with Crippen molar-refractivity contribution >= 4 is 33.1 Å². The van der Waals surface area contributed by atoms with E-state index in [9.17, 15) is 9.59 Å². The fraction of sp³-hybridized carbons (Fsp3) is 0.125. The molecule has 0 bridgehead atoms.